The number of carbonyl (C=O) groups is 1. The zero-order chi connectivity index (χ0) is 14.0. The van der Waals surface area contributed by atoms with Crippen LogP contribution in [0.1, 0.15) is 30.6 Å². The largest absolute Gasteiger partial charge is 0.398 e. The van der Waals surface area contributed by atoms with E-state index in [0.717, 1.165) is 31.0 Å². The van der Waals surface area contributed by atoms with Crippen molar-refractivity contribution in [3.05, 3.63) is 23.8 Å². The minimum atomic E-state index is -0.469. The van der Waals surface area contributed by atoms with Crippen molar-refractivity contribution in [3.8, 4) is 0 Å². The molecule has 4 nitrogen and oxygen atoms in total. The van der Waals surface area contributed by atoms with Crippen LogP contribution in [-0.4, -0.2) is 29.5 Å². The zero-order valence-electron chi connectivity index (χ0n) is 11.5. The average Bonchev–Trinajstić information content (AvgIpc) is 2.51. The van der Waals surface area contributed by atoms with E-state index in [1.807, 2.05) is 17.8 Å². The van der Waals surface area contributed by atoms with Crippen LogP contribution in [0.3, 0.4) is 0 Å². The monoisotopic (exact) mass is 279 g/mol. The lowest BCUT2D eigenvalue weighted by Gasteiger charge is -2.24. The third kappa shape index (κ3) is 3.35. The Morgan fingerprint density at radius 3 is 2.79 bits per heavy atom. The van der Waals surface area contributed by atoms with E-state index in [0.29, 0.717) is 16.0 Å². The van der Waals surface area contributed by atoms with Gasteiger partial charge in [-0.3, -0.25) is 4.79 Å². The van der Waals surface area contributed by atoms with E-state index in [1.54, 1.807) is 12.1 Å². The maximum atomic E-state index is 11.3. The first kappa shape index (κ1) is 14.1. The fourth-order valence-electron chi connectivity index (χ4n) is 2.23. The van der Waals surface area contributed by atoms with Crippen LogP contribution >= 0.6 is 11.8 Å². The van der Waals surface area contributed by atoms with E-state index in [1.165, 1.54) is 0 Å². The summed E-state index contributed by atoms with van der Waals surface area (Å²) in [5.41, 5.74) is 13.0. The van der Waals surface area contributed by atoms with Gasteiger partial charge in [0, 0.05) is 35.0 Å². The summed E-state index contributed by atoms with van der Waals surface area (Å²) < 4.78 is 0.315. The number of hydrogen-bond donors (Lipinski definition) is 2. The molecule has 0 radical (unpaired) electrons. The van der Waals surface area contributed by atoms with Gasteiger partial charge in [-0.25, -0.2) is 0 Å². The van der Waals surface area contributed by atoms with E-state index in [4.69, 9.17) is 11.5 Å². The third-order valence-electron chi connectivity index (χ3n) is 3.51. The van der Waals surface area contributed by atoms with Gasteiger partial charge in [-0.05, 0) is 24.6 Å². The van der Waals surface area contributed by atoms with Crippen molar-refractivity contribution >= 4 is 29.0 Å². The summed E-state index contributed by atoms with van der Waals surface area (Å²) in [7, 11) is 0. The predicted octanol–water partition coefficient (Wildman–Crippen LogP) is 2.09. The summed E-state index contributed by atoms with van der Waals surface area (Å²) in [6, 6.07) is 5.53. The highest BCUT2D eigenvalue weighted by Gasteiger charge is 2.24. The van der Waals surface area contributed by atoms with Crippen molar-refractivity contribution in [2.75, 3.05) is 29.5 Å². The summed E-state index contributed by atoms with van der Waals surface area (Å²) in [5, 5.41) is 0. The van der Waals surface area contributed by atoms with Crippen molar-refractivity contribution in [2.24, 2.45) is 5.73 Å². The molecule has 0 aliphatic carbocycles. The average molecular weight is 279 g/mol. The molecular weight excluding hydrogens is 258 g/mol. The van der Waals surface area contributed by atoms with Gasteiger partial charge in [0.15, 0.2) is 0 Å². The van der Waals surface area contributed by atoms with E-state index in [2.05, 4.69) is 18.7 Å². The molecule has 0 spiro atoms. The lowest BCUT2D eigenvalue weighted by molar-refractivity contribution is 0.100. The Labute approximate surface area is 118 Å². The third-order valence-corrected chi connectivity index (χ3v) is 4.88. The predicted molar refractivity (Wildman–Crippen MR) is 82.7 cm³/mol. The molecule has 1 saturated heterocycles. The number of thioether (sulfide) groups is 1. The summed E-state index contributed by atoms with van der Waals surface area (Å²) in [5.74, 6) is 0.618. The minimum Gasteiger partial charge on any atom is -0.398 e. The van der Waals surface area contributed by atoms with Crippen molar-refractivity contribution in [2.45, 2.75) is 25.0 Å². The molecule has 1 aromatic carbocycles. The van der Waals surface area contributed by atoms with Gasteiger partial charge in [-0.1, -0.05) is 13.8 Å². The van der Waals surface area contributed by atoms with Crippen LogP contribution < -0.4 is 16.4 Å². The number of carbonyl (C=O) groups excluding carboxylic acids is 1. The van der Waals surface area contributed by atoms with Gasteiger partial charge in [0.1, 0.15) is 0 Å². The quantitative estimate of drug-likeness (QED) is 0.813. The molecule has 0 atom stereocenters. The first-order valence-corrected chi connectivity index (χ1v) is 7.46. The highest BCUT2D eigenvalue weighted by molar-refractivity contribution is 8.00. The van der Waals surface area contributed by atoms with Gasteiger partial charge in [-0.15, -0.1) is 0 Å². The van der Waals surface area contributed by atoms with Gasteiger partial charge < -0.3 is 16.4 Å². The summed E-state index contributed by atoms with van der Waals surface area (Å²) in [6.45, 7) is 6.52. The Morgan fingerprint density at radius 1 is 1.37 bits per heavy atom. The summed E-state index contributed by atoms with van der Waals surface area (Å²) in [6.07, 6.45) is 1.12. The molecule has 1 amide bonds. The van der Waals surface area contributed by atoms with Gasteiger partial charge in [0.05, 0.1) is 5.56 Å². The lowest BCUT2D eigenvalue weighted by atomic mass is 10.1. The summed E-state index contributed by atoms with van der Waals surface area (Å²) in [4.78, 5) is 13.6. The van der Waals surface area contributed by atoms with Crippen LogP contribution in [0.2, 0.25) is 0 Å². The SMILES string of the molecule is CC1(C)CCN(c2ccc(N)c(C(N)=O)c2)CCS1. The van der Waals surface area contributed by atoms with Crippen LogP contribution in [-0.2, 0) is 0 Å². The van der Waals surface area contributed by atoms with Gasteiger partial charge in [0.2, 0.25) is 0 Å². The van der Waals surface area contributed by atoms with Gasteiger partial charge in [0.25, 0.3) is 5.91 Å². The topological polar surface area (TPSA) is 72.3 Å². The van der Waals surface area contributed by atoms with Crippen molar-refractivity contribution in [1.82, 2.24) is 0 Å². The molecule has 1 heterocycles. The van der Waals surface area contributed by atoms with Crippen molar-refractivity contribution in [1.29, 1.82) is 0 Å². The molecule has 19 heavy (non-hydrogen) atoms. The molecule has 5 heteroatoms. The van der Waals surface area contributed by atoms with Gasteiger partial charge >= 0.3 is 0 Å². The molecule has 104 valence electrons. The maximum Gasteiger partial charge on any atom is 0.250 e. The molecule has 0 saturated carbocycles. The molecule has 0 bridgehead atoms. The minimum absolute atomic E-state index is 0.315. The molecule has 4 N–H and O–H groups in total. The van der Waals surface area contributed by atoms with Crippen LogP contribution in [0.15, 0.2) is 18.2 Å². The smallest absolute Gasteiger partial charge is 0.250 e. The Hall–Kier alpha value is -1.36. The molecule has 1 aliphatic heterocycles. The number of nitrogen functional groups attached to an aromatic ring is 1. The van der Waals surface area contributed by atoms with Gasteiger partial charge in [-0.2, -0.15) is 11.8 Å². The normalized spacial score (nSPS) is 18.9. The molecule has 0 aromatic heterocycles. The van der Waals surface area contributed by atoms with Crippen LogP contribution in [0.25, 0.3) is 0 Å². The second kappa shape index (κ2) is 5.33. The Morgan fingerprint density at radius 2 is 2.11 bits per heavy atom. The number of rotatable bonds is 2. The van der Waals surface area contributed by atoms with E-state index in [-0.39, 0.29) is 0 Å². The van der Waals surface area contributed by atoms with Crippen molar-refractivity contribution in [3.63, 3.8) is 0 Å². The standard InChI is InChI=1S/C14H21N3OS/c1-14(2)5-6-17(7-8-19-14)10-3-4-12(15)11(9-10)13(16)18/h3-4,9H,5-8,15H2,1-2H3,(H2,16,18). The fraction of sp³-hybridized carbons (Fsp3) is 0.500. The molecule has 1 aromatic rings. The number of nitrogens with two attached hydrogens (primary N) is 2. The second-order valence-electron chi connectivity index (χ2n) is 5.48. The molecule has 2 rings (SSSR count). The van der Waals surface area contributed by atoms with E-state index >= 15 is 0 Å². The van der Waals surface area contributed by atoms with Crippen molar-refractivity contribution < 1.29 is 4.79 Å². The number of benzene rings is 1. The Bertz CT molecular complexity index is 488. The number of nitrogens with zero attached hydrogens (tertiary/aromatic N) is 1. The first-order valence-electron chi connectivity index (χ1n) is 6.47. The molecule has 1 aliphatic rings. The molecule has 1 fully saturated rings. The number of amides is 1. The zero-order valence-corrected chi connectivity index (χ0v) is 12.3. The highest BCUT2D eigenvalue weighted by atomic mass is 32.2. The number of primary amides is 1. The fourth-order valence-corrected chi connectivity index (χ4v) is 3.33. The Kier molecular flexibility index (Phi) is 3.94. The Balaban J connectivity index is 2.22. The number of hydrogen-bond acceptors (Lipinski definition) is 4. The lowest BCUT2D eigenvalue weighted by Crippen LogP contribution is -2.27. The highest BCUT2D eigenvalue weighted by Crippen LogP contribution is 2.32. The van der Waals surface area contributed by atoms with Crippen LogP contribution in [0.5, 0.6) is 0 Å². The van der Waals surface area contributed by atoms with Crippen LogP contribution in [0.4, 0.5) is 11.4 Å². The molecular formula is C14H21N3OS. The maximum absolute atomic E-state index is 11.3. The van der Waals surface area contributed by atoms with E-state index < -0.39 is 5.91 Å². The molecule has 0 unspecified atom stereocenters. The number of anilines is 2. The van der Waals surface area contributed by atoms with E-state index in [9.17, 15) is 4.79 Å². The summed E-state index contributed by atoms with van der Waals surface area (Å²) >= 11 is 2.00. The first-order chi connectivity index (χ1) is 8.89. The van der Waals surface area contributed by atoms with Crippen LogP contribution in [0, 0.1) is 0 Å². The second-order valence-corrected chi connectivity index (χ2v) is 7.28.